The van der Waals surface area contributed by atoms with E-state index in [9.17, 15) is 9.59 Å². The number of nitrogens with one attached hydrogen (secondary N) is 2. The van der Waals surface area contributed by atoms with Crippen molar-refractivity contribution < 1.29 is 9.59 Å². The molecule has 27 heavy (non-hydrogen) atoms. The minimum Gasteiger partial charge on any atom is -0.355 e. The van der Waals surface area contributed by atoms with Gasteiger partial charge in [0.25, 0.3) is 0 Å². The SMILES string of the molecule is CCNC(=O)CN1CCN(CC(=O)NCCc2nc3ccccc3s2)CC1. The normalized spacial score (nSPS) is 15.7. The highest BCUT2D eigenvalue weighted by Gasteiger charge is 2.20. The molecule has 2 heterocycles. The maximum Gasteiger partial charge on any atom is 0.234 e. The fourth-order valence-electron chi connectivity index (χ4n) is 3.16. The third kappa shape index (κ3) is 5.98. The molecule has 146 valence electrons. The standard InChI is InChI=1S/C19H27N5O2S/c1-2-20-17(25)13-23-9-11-24(12-10-23)14-18(26)21-8-7-19-22-15-5-3-4-6-16(15)27-19/h3-6H,2,7-14H2,1H3,(H,20,25)(H,21,26). The molecule has 2 amide bonds. The van der Waals surface area contributed by atoms with Crippen LogP contribution in [-0.4, -0.2) is 79.0 Å². The Bertz CT molecular complexity index is 737. The van der Waals surface area contributed by atoms with E-state index in [2.05, 4.69) is 31.5 Å². The second kappa shape index (κ2) is 9.77. The number of likely N-dealkylation sites (N-methyl/N-ethyl adjacent to an activating group) is 1. The number of rotatable bonds is 8. The van der Waals surface area contributed by atoms with Gasteiger partial charge in [0.15, 0.2) is 0 Å². The summed E-state index contributed by atoms with van der Waals surface area (Å²) in [6, 6.07) is 8.09. The third-order valence-corrected chi connectivity index (χ3v) is 5.67. The molecular formula is C19H27N5O2S. The first-order valence-electron chi connectivity index (χ1n) is 9.46. The molecule has 8 heteroatoms. The number of benzene rings is 1. The van der Waals surface area contributed by atoms with E-state index >= 15 is 0 Å². The lowest BCUT2D eigenvalue weighted by molar-refractivity contribution is -0.124. The van der Waals surface area contributed by atoms with Crippen LogP contribution in [0.15, 0.2) is 24.3 Å². The van der Waals surface area contributed by atoms with E-state index in [1.54, 1.807) is 11.3 Å². The van der Waals surface area contributed by atoms with Gasteiger partial charge < -0.3 is 10.6 Å². The van der Waals surface area contributed by atoms with Gasteiger partial charge in [-0.1, -0.05) is 12.1 Å². The Morgan fingerprint density at radius 1 is 1.04 bits per heavy atom. The number of fused-ring (bicyclic) bond motifs is 1. The van der Waals surface area contributed by atoms with Crippen molar-refractivity contribution in [1.82, 2.24) is 25.4 Å². The minimum atomic E-state index is 0.0493. The van der Waals surface area contributed by atoms with Crippen LogP contribution in [0.1, 0.15) is 11.9 Å². The Kier molecular flexibility index (Phi) is 7.14. The molecule has 1 aliphatic heterocycles. The van der Waals surface area contributed by atoms with Crippen LogP contribution in [0.3, 0.4) is 0 Å². The van der Waals surface area contributed by atoms with Crippen molar-refractivity contribution in [3.63, 3.8) is 0 Å². The van der Waals surface area contributed by atoms with Gasteiger partial charge in [0.05, 0.1) is 28.3 Å². The lowest BCUT2D eigenvalue weighted by Crippen LogP contribution is -2.51. The van der Waals surface area contributed by atoms with E-state index < -0.39 is 0 Å². The number of thiazole rings is 1. The second-order valence-corrected chi connectivity index (χ2v) is 7.80. The fraction of sp³-hybridized carbons (Fsp3) is 0.526. The van der Waals surface area contributed by atoms with Crippen molar-refractivity contribution in [3.8, 4) is 0 Å². The Hall–Kier alpha value is -2.03. The number of carbonyl (C=O) groups excluding carboxylic acids is 2. The molecule has 1 aromatic heterocycles. The summed E-state index contributed by atoms with van der Waals surface area (Å²) in [5, 5.41) is 6.86. The van der Waals surface area contributed by atoms with Crippen LogP contribution >= 0.6 is 11.3 Å². The molecule has 7 nitrogen and oxygen atoms in total. The molecule has 1 saturated heterocycles. The molecule has 0 spiro atoms. The average Bonchev–Trinajstić information content (AvgIpc) is 3.06. The molecule has 1 aliphatic rings. The van der Waals surface area contributed by atoms with Gasteiger partial charge in [0.1, 0.15) is 0 Å². The predicted molar refractivity (Wildman–Crippen MR) is 108 cm³/mol. The van der Waals surface area contributed by atoms with Crippen molar-refractivity contribution in [2.24, 2.45) is 0 Å². The lowest BCUT2D eigenvalue weighted by atomic mass is 10.3. The van der Waals surface area contributed by atoms with Crippen molar-refractivity contribution in [2.75, 3.05) is 52.4 Å². The van der Waals surface area contributed by atoms with Crippen molar-refractivity contribution in [2.45, 2.75) is 13.3 Å². The molecule has 0 unspecified atom stereocenters. The van der Waals surface area contributed by atoms with Crippen LogP contribution in [0.25, 0.3) is 10.2 Å². The summed E-state index contributed by atoms with van der Waals surface area (Å²) in [7, 11) is 0. The van der Waals surface area contributed by atoms with Gasteiger partial charge in [-0.3, -0.25) is 19.4 Å². The molecule has 0 atom stereocenters. The molecular weight excluding hydrogens is 362 g/mol. The second-order valence-electron chi connectivity index (χ2n) is 6.68. The Morgan fingerprint density at radius 2 is 1.67 bits per heavy atom. The van der Waals surface area contributed by atoms with E-state index in [4.69, 9.17) is 0 Å². The fourth-order valence-corrected chi connectivity index (χ4v) is 4.12. The molecule has 0 radical (unpaired) electrons. The van der Waals surface area contributed by atoms with Crippen molar-refractivity contribution in [1.29, 1.82) is 0 Å². The monoisotopic (exact) mass is 389 g/mol. The Labute approximate surface area is 163 Å². The Balaban J connectivity index is 1.33. The topological polar surface area (TPSA) is 77.6 Å². The van der Waals surface area contributed by atoms with E-state index in [0.29, 0.717) is 26.2 Å². The van der Waals surface area contributed by atoms with Crippen LogP contribution < -0.4 is 10.6 Å². The molecule has 0 aliphatic carbocycles. The average molecular weight is 390 g/mol. The zero-order valence-corrected chi connectivity index (χ0v) is 16.6. The Morgan fingerprint density at radius 3 is 2.30 bits per heavy atom. The quantitative estimate of drug-likeness (QED) is 0.695. The molecule has 2 aromatic rings. The molecule has 0 saturated carbocycles. The molecule has 1 fully saturated rings. The molecule has 2 N–H and O–H groups in total. The van der Waals surface area contributed by atoms with E-state index in [0.717, 1.165) is 43.1 Å². The maximum atomic E-state index is 12.2. The summed E-state index contributed by atoms with van der Waals surface area (Å²) >= 11 is 1.68. The number of nitrogens with zero attached hydrogens (tertiary/aromatic N) is 3. The van der Waals surface area contributed by atoms with Gasteiger partial charge in [-0.25, -0.2) is 4.98 Å². The van der Waals surface area contributed by atoms with Gasteiger partial charge in [-0.2, -0.15) is 0 Å². The van der Waals surface area contributed by atoms with Crippen molar-refractivity contribution in [3.05, 3.63) is 29.3 Å². The first-order chi connectivity index (χ1) is 13.1. The molecule has 0 bridgehead atoms. The highest BCUT2D eigenvalue weighted by molar-refractivity contribution is 7.18. The summed E-state index contributed by atoms with van der Waals surface area (Å²) in [4.78, 5) is 32.7. The summed E-state index contributed by atoms with van der Waals surface area (Å²) in [5.41, 5.74) is 1.02. The van der Waals surface area contributed by atoms with Gasteiger partial charge in [0, 0.05) is 45.7 Å². The lowest BCUT2D eigenvalue weighted by Gasteiger charge is -2.33. The first kappa shape index (κ1) is 19.7. The van der Waals surface area contributed by atoms with Crippen molar-refractivity contribution >= 4 is 33.4 Å². The largest absolute Gasteiger partial charge is 0.355 e. The minimum absolute atomic E-state index is 0.0493. The first-order valence-corrected chi connectivity index (χ1v) is 10.3. The summed E-state index contributed by atoms with van der Waals surface area (Å²) in [6.45, 7) is 7.30. The number of hydrogen-bond donors (Lipinski definition) is 2. The number of piperazine rings is 1. The van der Waals surface area contributed by atoms with Gasteiger partial charge in [-0.05, 0) is 19.1 Å². The highest BCUT2D eigenvalue weighted by Crippen LogP contribution is 2.21. The van der Waals surface area contributed by atoms with Crippen LogP contribution in [-0.2, 0) is 16.0 Å². The number of para-hydroxylation sites is 1. The molecule has 3 rings (SSSR count). The van der Waals surface area contributed by atoms with Crippen LogP contribution in [0, 0.1) is 0 Å². The van der Waals surface area contributed by atoms with Gasteiger partial charge in [-0.15, -0.1) is 11.3 Å². The number of carbonyl (C=O) groups is 2. The highest BCUT2D eigenvalue weighted by atomic mass is 32.1. The number of amides is 2. The van der Waals surface area contributed by atoms with Gasteiger partial charge in [0.2, 0.25) is 11.8 Å². The van der Waals surface area contributed by atoms with Crippen LogP contribution in [0.4, 0.5) is 0 Å². The third-order valence-electron chi connectivity index (χ3n) is 4.57. The van der Waals surface area contributed by atoms with Crippen LogP contribution in [0.2, 0.25) is 0 Å². The zero-order chi connectivity index (χ0) is 19.1. The van der Waals surface area contributed by atoms with Gasteiger partial charge >= 0.3 is 0 Å². The molecule has 1 aromatic carbocycles. The number of hydrogen-bond acceptors (Lipinski definition) is 6. The zero-order valence-electron chi connectivity index (χ0n) is 15.7. The van der Waals surface area contributed by atoms with E-state index in [1.807, 2.05) is 25.1 Å². The maximum absolute atomic E-state index is 12.2. The van der Waals surface area contributed by atoms with E-state index in [1.165, 1.54) is 4.70 Å². The predicted octanol–water partition coefficient (Wildman–Crippen LogP) is 0.709. The summed E-state index contributed by atoms with van der Waals surface area (Å²) in [6.07, 6.45) is 0.755. The smallest absolute Gasteiger partial charge is 0.234 e. The van der Waals surface area contributed by atoms with Crippen LogP contribution in [0.5, 0.6) is 0 Å². The summed E-state index contributed by atoms with van der Waals surface area (Å²) in [5.74, 6) is 0.117. The summed E-state index contributed by atoms with van der Waals surface area (Å²) < 4.78 is 1.18. The van der Waals surface area contributed by atoms with E-state index in [-0.39, 0.29) is 11.8 Å². The number of aromatic nitrogens is 1.